The number of amides is 2. The average molecular weight is 394 g/mol. The molecule has 1 N–H and O–H groups in total. The van der Waals surface area contributed by atoms with Gasteiger partial charge in [-0.3, -0.25) is 9.59 Å². The highest BCUT2D eigenvalue weighted by Gasteiger charge is 2.35. The topological polar surface area (TPSA) is 88.3 Å². The summed E-state index contributed by atoms with van der Waals surface area (Å²) in [7, 11) is 0. The molecule has 0 aliphatic carbocycles. The van der Waals surface area contributed by atoms with Crippen LogP contribution in [0.4, 0.5) is 15.8 Å². The highest BCUT2D eigenvalue weighted by atomic mass is 19.1. The van der Waals surface area contributed by atoms with Crippen LogP contribution in [0, 0.1) is 25.6 Å². The Morgan fingerprint density at radius 3 is 2.72 bits per heavy atom. The standard InChI is InChI=1S/C21H19FN4O3/c1-12-7-8-15(10-17(12)22)26-11-14(9-19(26)27)20(28)23-18-6-4-3-5-16(18)21-25-24-13(2)29-21/h3-8,10,14H,9,11H2,1-2H3,(H,23,28)/t14-/m1/s1. The molecule has 148 valence electrons. The number of carbonyl (C=O) groups is 2. The normalized spacial score (nSPS) is 16.3. The molecular weight excluding hydrogens is 375 g/mol. The van der Waals surface area contributed by atoms with Gasteiger partial charge in [-0.15, -0.1) is 10.2 Å². The van der Waals surface area contributed by atoms with Crippen molar-refractivity contribution in [1.29, 1.82) is 0 Å². The van der Waals surface area contributed by atoms with E-state index in [0.29, 0.717) is 34.3 Å². The van der Waals surface area contributed by atoms with Crippen molar-refractivity contribution in [1.82, 2.24) is 10.2 Å². The van der Waals surface area contributed by atoms with Gasteiger partial charge in [0.2, 0.25) is 23.6 Å². The van der Waals surface area contributed by atoms with Crippen LogP contribution in [0.25, 0.3) is 11.5 Å². The number of anilines is 2. The third-order valence-electron chi connectivity index (χ3n) is 4.90. The molecule has 1 fully saturated rings. The minimum atomic E-state index is -0.552. The van der Waals surface area contributed by atoms with Gasteiger partial charge in [0.05, 0.1) is 17.2 Å². The van der Waals surface area contributed by atoms with Crippen molar-refractivity contribution >= 4 is 23.2 Å². The SMILES string of the molecule is Cc1nnc(-c2ccccc2NC(=O)[C@@H]2CC(=O)N(c3ccc(C)c(F)c3)C2)o1. The molecule has 1 aliphatic heterocycles. The predicted octanol–water partition coefficient (Wildman–Crippen LogP) is 3.48. The van der Waals surface area contributed by atoms with Crippen molar-refractivity contribution in [2.75, 3.05) is 16.8 Å². The molecule has 29 heavy (non-hydrogen) atoms. The van der Waals surface area contributed by atoms with Crippen molar-refractivity contribution in [3.05, 3.63) is 59.7 Å². The molecule has 1 atom stereocenters. The van der Waals surface area contributed by atoms with Crippen molar-refractivity contribution in [2.24, 2.45) is 5.92 Å². The summed E-state index contributed by atoms with van der Waals surface area (Å²) < 4.78 is 19.3. The minimum absolute atomic E-state index is 0.0587. The van der Waals surface area contributed by atoms with Crippen LogP contribution < -0.4 is 10.2 Å². The number of hydrogen-bond acceptors (Lipinski definition) is 5. The number of hydrogen-bond donors (Lipinski definition) is 1. The number of halogens is 1. The summed E-state index contributed by atoms with van der Waals surface area (Å²) in [4.78, 5) is 26.7. The summed E-state index contributed by atoms with van der Waals surface area (Å²) in [5.41, 5.74) is 2.08. The maximum absolute atomic E-state index is 13.9. The lowest BCUT2D eigenvalue weighted by Gasteiger charge is -2.17. The molecule has 8 heteroatoms. The fraction of sp³-hybridized carbons (Fsp3) is 0.238. The summed E-state index contributed by atoms with van der Waals surface area (Å²) in [5, 5.41) is 10.7. The molecule has 0 unspecified atom stereocenters. The van der Waals surface area contributed by atoms with E-state index in [1.807, 2.05) is 0 Å². The molecule has 2 amide bonds. The molecule has 7 nitrogen and oxygen atoms in total. The van der Waals surface area contributed by atoms with Crippen LogP contribution in [0.1, 0.15) is 17.9 Å². The zero-order chi connectivity index (χ0) is 20.5. The smallest absolute Gasteiger partial charge is 0.249 e. The van der Waals surface area contributed by atoms with Crippen LogP contribution in [-0.4, -0.2) is 28.6 Å². The number of para-hydroxylation sites is 1. The molecule has 1 aromatic heterocycles. The second-order valence-corrected chi connectivity index (χ2v) is 7.00. The van der Waals surface area contributed by atoms with E-state index in [-0.39, 0.29) is 30.6 Å². The number of aryl methyl sites for hydroxylation is 2. The van der Waals surface area contributed by atoms with Crippen LogP contribution in [-0.2, 0) is 9.59 Å². The molecule has 0 bridgehead atoms. The van der Waals surface area contributed by atoms with E-state index >= 15 is 0 Å². The Balaban J connectivity index is 1.52. The third kappa shape index (κ3) is 3.73. The predicted molar refractivity (Wildman–Crippen MR) is 105 cm³/mol. The summed E-state index contributed by atoms with van der Waals surface area (Å²) in [5.74, 6) is -0.719. The van der Waals surface area contributed by atoms with E-state index in [0.717, 1.165) is 0 Å². The van der Waals surface area contributed by atoms with E-state index in [4.69, 9.17) is 4.42 Å². The molecule has 2 heterocycles. The van der Waals surface area contributed by atoms with Crippen molar-refractivity contribution in [3.63, 3.8) is 0 Å². The first kappa shape index (κ1) is 18.8. The van der Waals surface area contributed by atoms with E-state index in [9.17, 15) is 14.0 Å². The maximum atomic E-state index is 13.9. The Hall–Kier alpha value is -3.55. The summed E-state index contributed by atoms with van der Waals surface area (Å²) in [6, 6.07) is 11.7. The Kier molecular flexibility index (Phi) is 4.84. The van der Waals surface area contributed by atoms with Gasteiger partial charge in [-0.05, 0) is 36.8 Å². The van der Waals surface area contributed by atoms with Crippen LogP contribution in [0.15, 0.2) is 46.9 Å². The Bertz CT molecular complexity index is 1100. The van der Waals surface area contributed by atoms with Gasteiger partial charge in [0.15, 0.2) is 0 Å². The summed E-state index contributed by atoms with van der Waals surface area (Å²) >= 11 is 0. The number of nitrogens with one attached hydrogen (secondary N) is 1. The van der Waals surface area contributed by atoms with Gasteiger partial charge in [-0.2, -0.15) is 0 Å². The Morgan fingerprint density at radius 2 is 2.00 bits per heavy atom. The number of benzene rings is 2. The highest BCUT2D eigenvalue weighted by molar-refractivity contribution is 6.04. The quantitative estimate of drug-likeness (QED) is 0.732. The first-order chi connectivity index (χ1) is 13.9. The zero-order valence-corrected chi connectivity index (χ0v) is 16.0. The fourth-order valence-corrected chi connectivity index (χ4v) is 3.30. The van der Waals surface area contributed by atoms with Crippen LogP contribution in [0.2, 0.25) is 0 Å². The zero-order valence-electron chi connectivity index (χ0n) is 16.0. The number of aromatic nitrogens is 2. The average Bonchev–Trinajstić information content (AvgIpc) is 3.30. The lowest BCUT2D eigenvalue weighted by Crippen LogP contribution is -2.28. The molecule has 3 aromatic rings. The summed E-state index contributed by atoms with van der Waals surface area (Å²) in [6.07, 6.45) is 0.0587. The highest BCUT2D eigenvalue weighted by Crippen LogP contribution is 2.30. The van der Waals surface area contributed by atoms with Crippen molar-refractivity contribution < 1.29 is 18.4 Å². The van der Waals surface area contributed by atoms with Gasteiger partial charge in [0.25, 0.3) is 0 Å². The van der Waals surface area contributed by atoms with Gasteiger partial charge < -0.3 is 14.6 Å². The Morgan fingerprint density at radius 1 is 1.21 bits per heavy atom. The maximum Gasteiger partial charge on any atom is 0.249 e. The molecule has 4 rings (SSSR count). The molecule has 0 radical (unpaired) electrons. The van der Waals surface area contributed by atoms with Crippen LogP contribution in [0.5, 0.6) is 0 Å². The van der Waals surface area contributed by atoms with E-state index in [2.05, 4.69) is 15.5 Å². The van der Waals surface area contributed by atoms with Gasteiger partial charge in [0, 0.05) is 25.6 Å². The van der Waals surface area contributed by atoms with Gasteiger partial charge in [-0.1, -0.05) is 18.2 Å². The second kappa shape index (κ2) is 7.46. The Labute approximate surface area is 166 Å². The molecule has 2 aromatic carbocycles. The first-order valence-corrected chi connectivity index (χ1v) is 9.19. The van der Waals surface area contributed by atoms with Gasteiger partial charge in [-0.25, -0.2) is 4.39 Å². The van der Waals surface area contributed by atoms with Gasteiger partial charge in [0.1, 0.15) is 5.82 Å². The van der Waals surface area contributed by atoms with E-state index in [1.54, 1.807) is 50.2 Å². The molecular formula is C21H19FN4O3. The van der Waals surface area contributed by atoms with Gasteiger partial charge >= 0.3 is 0 Å². The monoisotopic (exact) mass is 394 g/mol. The lowest BCUT2D eigenvalue weighted by atomic mass is 10.1. The second-order valence-electron chi connectivity index (χ2n) is 7.00. The molecule has 0 spiro atoms. The number of carbonyl (C=O) groups excluding carboxylic acids is 2. The number of nitrogens with zero attached hydrogens (tertiary/aromatic N) is 3. The van der Waals surface area contributed by atoms with Crippen molar-refractivity contribution in [3.8, 4) is 11.5 Å². The molecule has 1 saturated heterocycles. The minimum Gasteiger partial charge on any atom is -0.421 e. The van der Waals surface area contributed by atoms with Crippen LogP contribution >= 0.6 is 0 Å². The fourth-order valence-electron chi connectivity index (χ4n) is 3.30. The number of rotatable bonds is 4. The van der Waals surface area contributed by atoms with E-state index < -0.39 is 5.92 Å². The molecule has 1 aliphatic rings. The van der Waals surface area contributed by atoms with Crippen LogP contribution in [0.3, 0.4) is 0 Å². The first-order valence-electron chi connectivity index (χ1n) is 9.19. The lowest BCUT2D eigenvalue weighted by molar-refractivity contribution is -0.122. The van der Waals surface area contributed by atoms with E-state index in [1.165, 1.54) is 11.0 Å². The third-order valence-corrected chi connectivity index (χ3v) is 4.90. The van der Waals surface area contributed by atoms with Crippen molar-refractivity contribution in [2.45, 2.75) is 20.3 Å². The summed E-state index contributed by atoms with van der Waals surface area (Å²) in [6.45, 7) is 3.53. The molecule has 0 saturated carbocycles. The largest absolute Gasteiger partial charge is 0.421 e.